The summed E-state index contributed by atoms with van der Waals surface area (Å²) >= 11 is 5.91. The lowest BCUT2D eigenvalue weighted by atomic mass is 10.1. The average molecular weight is 258 g/mol. The van der Waals surface area contributed by atoms with Gasteiger partial charge >= 0.3 is 0 Å². The third-order valence-electron chi connectivity index (χ3n) is 2.21. The zero-order valence-electron chi connectivity index (χ0n) is 9.64. The van der Waals surface area contributed by atoms with E-state index in [1.54, 1.807) is 6.92 Å². The molecule has 0 aliphatic rings. The van der Waals surface area contributed by atoms with Gasteiger partial charge < -0.3 is 5.32 Å². The van der Waals surface area contributed by atoms with E-state index in [2.05, 4.69) is 5.32 Å². The molecule has 17 heavy (non-hydrogen) atoms. The number of hydrogen-bond donors (Lipinski definition) is 1. The van der Waals surface area contributed by atoms with Gasteiger partial charge in [-0.15, -0.1) is 0 Å². The molecule has 0 aliphatic heterocycles. The minimum Gasteiger partial charge on any atom is -0.352 e. The number of amides is 1. The lowest BCUT2D eigenvalue weighted by molar-refractivity contribution is -0.127. The van der Waals surface area contributed by atoms with Crippen LogP contribution in [0.4, 0.5) is 4.39 Å². The highest BCUT2D eigenvalue weighted by Gasteiger charge is 2.08. The average Bonchev–Trinajstić information content (AvgIpc) is 2.20. The minimum absolute atomic E-state index is 0.113. The summed E-state index contributed by atoms with van der Waals surface area (Å²) in [6.07, 6.45) is -0.175. The maximum absolute atomic E-state index is 13.3. The van der Waals surface area contributed by atoms with Crippen molar-refractivity contribution in [1.29, 1.82) is 0 Å². The summed E-state index contributed by atoms with van der Waals surface area (Å²) in [4.78, 5) is 21.9. The number of benzene rings is 1. The summed E-state index contributed by atoms with van der Waals surface area (Å²) in [7, 11) is 0. The Morgan fingerprint density at radius 1 is 1.41 bits per heavy atom. The number of carbonyl (C=O) groups is 2. The molecular weight excluding hydrogens is 245 g/mol. The lowest BCUT2D eigenvalue weighted by Crippen LogP contribution is -2.24. The number of Topliss-reactive ketones (excluding diaryl/α,β-unsaturated/α-hetero) is 1. The highest BCUT2D eigenvalue weighted by atomic mass is 35.5. The Hall–Kier alpha value is -1.42. The van der Waals surface area contributed by atoms with Crippen LogP contribution >= 0.6 is 11.6 Å². The van der Waals surface area contributed by atoms with Gasteiger partial charge in [-0.05, 0) is 37.1 Å². The van der Waals surface area contributed by atoms with Crippen LogP contribution in [0.3, 0.4) is 0 Å². The maximum Gasteiger partial charge on any atom is 0.227 e. The number of halogens is 2. The molecule has 0 atom stereocenters. The third kappa shape index (κ3) is 4.15. The van der Waals surface area contributed by atoms with Crippen LogP contribution in [-0.2, 0) is 16.1 Å². The van der Waals surface area contributed by atoms with Gasteiger partial charge in [0.15, 0.2) is 0 Å². The van der Waals surface area contributed by atoms with Crippen LogP contribution in [0, 0.1) is 12.7 Å². The van der Waals surface area contributed by atoms with Crippen molar-refractivity contribution >= 4 is 23.3 Å². The maximum atomic E-state index is 13.3. The molecule has 1 N–H and O–H groups in total. The Balaban J connectivity index is 2.66. The topological polar surface area (TPSA) is 46.2 Å². The molecule has 1 rings (SSSR count). The molecule has 92 valence electrons. The molecule has 0 fully saturated rings. The zero-order chi connectivity index (χ0) is 13.0. The van der Waals surface area contributed by atoms with Crippen molar-refractivity contribution in [3.63, 3.8) is 0 Å². The fourth-order valence-corrected chi connectivity index (χ4v) is 1.59. The van der Waals surface area contributed by atoms with Crippen molar-refractivity contribution in [3.05, 3.63) is 34.1 Å². The van der Waals surface area contributed by atoms with Gasteiger partial charge in [0.25, 0.3) is 0 Å². The predicted molar refractivity (Wildman–Crippen MR) is 63.3 cm³/mol. The quantitative estimate of drug-likeness (QED) is 0.842. The van der Waals surface area contributed by atoms with Crippen molar-refractivity contribution in [2.75, 3.05) is 0 Å². The van der Waals surface area contributed by atoms with Crippen molar-refractivity contribution in [3.8, 4) is 0 Å². The highest BCUT2D eigenvalue weighted by molar-refractivity contribution is 6.31. The van der Waals surface area contributed by atoms with Gasteiger partial charge in [-0.25, -0.2) is 4.39 Å². The standard InChI is InChI=1S/C12H13ClFNO2/c1-7-3-10(13)9(5-11(7)14)6-15-12(17)4-8(2)16/h3,5H,4,6H2,1-2H3,(H,15,17). The summed E-state index contributed by atoms with van der Waals surface area (Å²) < 4.78 is 13.3. The summed E-state index contributed by atoms with van der Waals surface area (Å²) in [6.45, 7) is 3.06. The first kappa shape index (κ1) is 13.6. The Bertz CT molecular complexity index is 460. The zero-order valence-corrected chi connectivity index (χ0v) is 10.4. The normalized spacial score (nSPS) is 10.1. The van der Waals surface area contributed by atoms with Gasteiger partial charge in [0, 0.05) is 11.6 Å². The Morgan fingerprint density at radius 2 is 2.06 bits per heavy atom. The van der Waals surface area contributed by atoms with Crippen LogP contribution in [0.2, 0.25) is 5.02 Å². The number of hydrogen-bond acceptors (Lipinski definition) is 2. The van der Waals surface area contributed by atoms with E-state index in [9.17, 15) is 14.0 Å². The predicted octanol–water partition coefficient (Wildman–Crippen LogP) is 2.38. The van der Waals surface area contributed by atoms with E-state index < -0.39 is 5.91 Å². The van der Waals surface area contributed by atoms with Gasteiger partial charge in [-0.2, -0.15) is 0 Å². The van der Waals surface area contributed by atoms with Crippen molar-refractivity contribution in [2.24, 2.45) is 0 Å². The first-order valence-electron chi connectivity index (χ1n) is 5.11. The minimum atomic E-state index is -0.394. The van der Waals surface area contributed by atoms with E-state index in [-0.39, 0.29) is 24.6 Å². The molecule has 0 aromatic heterocycles. The summed E-state index contributed by atoms with van der Waals surface area (Å²) in [5.41, 5.74) is 0.945. The monoisotopic (exact) mass is 257 g/mol. The molecule has 0 radical (unpaired) electrons. The van der Waals surface area contributed by atoms with Crippen LogP contribution in [-0.4, -0.2) is 11.7 Å². The van der Waals surface area contributed by atoms with E-state index >= 15 is 0 Å². The first-order valence-corrected chi connectivity index (χ1v) is 5.48. The van der Waals surface area contributed by atoms with Gasteiger partial charge in [0.05, 0.1) is 6.42 Å². The second-order valence-corrected chi connectivity index (χ2v) is 4.26. The van der Waals surface area contributed by atoms with Crippen LogP contribution < -0.4 is 5.32 Å². The Morgan fingerprint density at radius 3 is 2.65 bits per heavy atom. The van der Waals surface area contributed by atoms with Gasteiger partial charge in [0.1, 0.15) is 11.6 Å². The molecule has 0 bridgehead atoms. The number of carbonyl (C=O) groups excluding carboxylic acids is 2. The fraction of sp³-hybridized carbons (Fsp3) is 0.333. The van der Waals surface area contributed by atoms with Gasteiger partial charge in [-0.1, -0.05) is 11.6 Å². The smallest absolute Gasteiger partial charge is 0.227 e. The van der Waals surface area contributed by atoms with Gasteiger partial charge in [-0.3, -0.25) is 9.59 Å². The molecule has 0 saturated heterocycles. The van der Waals surface area contributed by atoms with E-state index in [0.29, 0.717) is 16.1 Å². The summed E-state index contributed by atoms with van der Waals surface area (Å²) in [5, 5.41) is 2.90. The number of rotatable bonds is 4. The van der Waals surface area contributed by atoms with Crippen LogP contribution in [0.25, 0.3) is 0 Å². The van der Waals surface area contributed by atoms with E-state index in [4.69, 9.17) is 11.6 Å². The van der Waals surface area contributed by atoms with Crippen LogP contribution in [0.15, 0.2) is 12.1 Å². The summed E-state index contributed by atoms with van der Waals surface area (Å²) in [5.74, 6) is -0.983. The molecule has 0 saturated carbocycles. The van der Waals surface area contributed by atoms with Crippen LogP contribution in [0.5, 0.6) is 0 Å². The SMILES string of the molecule is CC(=O)CC(=O)NCc1cc(F)c(C)cc1Cl. The Kier molecular flexibility index (Phi) is 4.63. The Labute approximate surface area is 104 Å². The molecule has 3 nitrogen and oxygen atoms in total. The molecule has 1 aromatic rings. The van der Waals surface area contributed by atoms with Crippen molar-refractivity contribution < 1.29 is 14.0 Å². The number of aryl methyl sites for hydroxylation is 1. The highest BCUT2D eigenvalue weighted by Crippen LogP contribution is 2.20. The third-order valence-corrected chi connectivity index (χ3v) is 2.57. The molecule has 0 aliphatic carbocycles. The fourth-order valence-electron chi connectivity index (χ4n) is 1.31. The molecule has 5 heteroatoms. The largest absolute Gasteiger partial charge is 0.352 e. The van der Waals surface area contributed by atoms with Crippen molar-refractivity contribution in [2.45, 2.75) is 26.8 Å². The second-order valence-electron chi connectivity index (χ2n) is 3.85. The van der Waals surface area contributed by atoms with E-state index in [1.165, 1.54) is 19.1 Å². The van der Waals surface area contributed by atoms with Crippen LogP contribution in [0.1, 0.15) is 24.5 Å². The number of nitrogens with one attached hydrogen (secondary N) is 1. The van der Waals surface area contributed by atoms with Crippen molar-refractivity contribution in [1.82, 2.24) is 5.32 Å². The first-order chi connectivity index (χ1) is 7.90. The molecule has 1 amide bonds. The number of ketones is 1. The molecule has 0 unspecified atom stereocenters. The lowest BCUT2D eigenvalue weighted by Gasteiger charge is -2.08. The summed E-state index contributed by atoms with van der Waals surface area (Å²) in [6, 6.07) is 2.79. The molecule has 0 spiro atoms. The van der Waals surface area contributed by atoms with E-state index in [0.717, 1.165) is 0 Å². The van der Waals surface area contributed by atoms with E-state index in [1.807, 2.05) is 0 Å². The second kappa shape index (κ2) is 5.77. The molecule has 1 aromatic carbocycles. The molecular formula is C12H13ClFNO2. The molecule has 0 heterocycles. The van der Waals surface area contributed by atoms with Gasteiger partial charge in [0.2, 0.25) is 5.91 Å².